The van der Waals surface area contributed by atoms with Crippen LogP contribution in [0.2, 0.25) is 0 Å². The van der Waals surface area contributed by atoms with Gasteiger partial charge in [0.25, 0.3) is 0 Å². The number of thioether (sulfide) groups is 1. The molecule has 7 nitrogen and oxygen atoms in total. The first-order valence-corrected chi connectivity index (χ1v) is 7.88. The molecule has 0 atom stereocenters. The van der Waals surface area contributed by atoms with E-state index < -0.39 is 0 Å². The van der Waals surface area contributed by atoms with Crippen molar-refractivity contribution in [3.05, 3.63) is 15.8 Å². The van der Waals surface area contributed by atoms with E-state index in [2.05, 4.69) is 15.3 Å². The first kappa shape index (κ1) is 14.8. The van der Waals surface area contributed by atoms with E-state index in [9.17, 15) is 10.1 Å². The molecule has 2 heterocycles. The molecule has 1 fully saturated rings. The highest BCUT2D eigenvalue weighted by Gasteiger charge is 2.26. The van der Waals surface area contributed by atoms with E-state index in [1.54, 1.807) is 6.92 Å². The normalized spacial score (nSPS) is 15.8. The summed E-state index contributed by atoms with van der Waals surface area (Å²) in [5, 5.41) is 14.3. The highest BCUT2D eigenvalue weighted by atomic mass is 32.2. The SMILES string of the molecule is CCNc1nc(C)c([N+](=O)[O-])c(N2CCCSCC2)n1. The fraction of sp³-hybridized carbons (Fsp3) is 0.667. The summed E-state index contributed by atoms with van der Waals surface area (Å²) in [4.78, 5) is 21.5. The van der Waals surface area contributed by atoms with E-state index in [-0.39, 0.29) is 10.6 Å². The molecule has 0 radical (unpaired) electrons. The Bertz CT molecular complexity index is 489. The van der Waals surface area contributed by atoms with Gasteiger partial charge in [0.15, 0.2) is 0 Å². The molecule has 0 aromatic carbocycles. The lowest BCUT2D eigenvalue weighted by atomic mass is 10.3. The topological polar surface area (TPSA) is 84.2 Å². The van der Waals surface area contributed by atoms with E-state index >= 15 is 0 Å². The van der Waals surface area contributed by atoms with E-state index in [4.69, 9.17) is 0 Å². The number of anilines is 2. The van der Waals surface area contributed by atoms with Gasteiger partial charge < -0.3 is 10.2 Å². The van der Waals surface area contributed by atoms with Crippen LogP contribution in [0.4, 0.5) is 17.5 Å². The lowest BCUT2D eigenvalue weighted by Crippen LogP contribution is -2.28. The summed E-state index contributed by atoms with van der Waals surface area (Å²) in [7, 11) is 0. The van der Waals surface area contributed by atoms with Crippen LogP contribution in [0.25, 0.3) is 0 Å². The number of aromatic nitrogens is 2. The van der Waals surface area contributed by atoms with E-state index in [0.29, 0.717) is 24.0 Å². The number of aryl methyl sites for hydroxylation is 1. The standard InChI is InChI=1S/C12H19N5O2S/c1-3-13-12-14-9(2)10(17(18)19)11(15-12)16-5-4-7-20-8-6-16/h3-8H2,1-2H3,(H,13,14,15). The Hall–Kier alpha value is -1.57. The molecule has 8 heteroatoms. The zero-order valence-electron chi connectivity index (χ0n) is 11.8. The van der Waals surface area contributed by atoms with Gasteiger partial charge in [0.2, 0.25) is 11.8 Å². The average Bonchev–Trinajstić information content (AvgIpc) is 2.66. The van der Waals surface area contributed by atoms with E-state index in [1.165, 1.54) is 0 Å². The quantitative estimate of drug-likeness (QED) is 0.672. The maximum absolute atomic E-state index is 11.3. The van der Waals surface area contributed by atoms with Crippen LogP contribution in [0.3, 0.4) is 0 Å². The van der Waals surface area contributed by atoms with Crippen LogP contribution in [0.15, 0.2) is 0 Å². The molecular weight excluding hydrogens is 278 g/mol. The Kier molecular flexibility index (Phi) is 4.99. The minimum Gasteiger partial charge on any atom is -0.354 e. The van der Waals surface area contributed by atoms with Gasteiger partial charge in [0.05, 0.1) is 4.92 Å². The number of hydrogen-bond acceptors (Lipinski definition) is 7. The van der Waals surface area contributed by atoms with E-state index in [1.807, 2.05) is 23.6 Å². The molecule has 1 aliphatic rings. The predicted octanol–water partition coefficient (Wildman–Crippen LogP) is 2.07. The van der Waals surface area contributed by atoms with Gasteiger partial charge >= 0.3 is 5.69 Å². The molecule has 1 aliphatic heterocycles. The molecule has 0 amide bonds. The monoisotopic (exact) mass is 297 g/mol. The minimum absolute atomic E-state index is 0.0264. The van der Waals surface area contributed by atoms with Crippen LogP contribution < -0.4 is 10.2 Å². The van der Waals surface area contributed by atoms with Crippen LogP contribution in [-0.2, 0) is 0 Å². The number of hydrogen-bond donors (Lipinski definition) is 1. The second kappa shape index (κ2) is 6.74. The van der Waals surface area contributed by atoms with Crippen molar-refractivity contribution >= 4 is 29.2 Å². The number of rotatable bonds is 4. The highest BCUT2D eigenvalue weighted by molar-refractivity contribution is 7.99. The third kappa shape index (κ3) is 3.30. The van der Waals surface area contributed by atoms with Gasteiger partial charge in [0.1, 0.15) is 5.69 Å². The second-order valence-electron chi connectivity index (χ2n) is 4.55. The molecule has 1 aromatic rings. The Labute approximate surface area is 122 Å². The molecular formula is C12H19N5O2S. The number of nitrogens with one attached hydrogen (secondary N) is 1. The zero-order valence-corrected chi connectivity index (χ0v) is 12.6. The van der Waals surface area contributed by atoms with Gasteiger partial charge in [-0.05, 0) is 26.0 Å². The molecule has 0 bridgehead atoms. The summed E-state index contributed by atoms with van der Waals surface area (Å²) in [5.41, 5.74) is 0.436. The summed E-state index contributed by atoms with van der Waals surface area (Å²) in [6, 6.07) is 0. The lowest BCUT2D eigenvalue weighted by molar-refractivity contribution is -0.385. The van der Waals surface area contributed by atoms with E-state index in [0.717, 1.165) is 31.0 Å². The summed E-state index contributed by atoms with van der Waals surface area (Å²) in [6.45, 7) is 5.88. The fourth-order valence-corrected chi connectivity index (χ4v) is 3.07. The summed E-state index contributed by atoms with van der Waals surface area (Å²) in [5.74, 6) is 2.97. The second-order valence-corrected chi connectivity index (χ2v) is 5.77. The summed E-state index contributed by atoms with van der Waals surface area (Å²) in [6.07, 6.45) is 1.02. The molecule has 0 aliphatic carbocycles. The van der Waals surface area contributed by atoms with Crippen molar-refractivity contribution < 1.29 is 4.92 Å². The summed E-state index contributed by atoms with van der Waals surface area (Å²) >= 11 is 1.88. The van der Waals surface area contributed by atoms with Crippen LogP contribution >= 0.6 is 11.8 Å². The van der Waals surface area contributed by atoms with Crippen LogP contribution in [0.1, 0.15) is 19.0 Å². The van der Waals surface area contributed by atoms with Gasteiger partial charge in [-0.15, -0.1) is 0 Å². The van der Waals surface area contributed by atoms with Gasteiger partial charge in [-0.2, -0.15) is 16.7 Å². The van der Waals surface area contributed by atoms with Crippen LogP contribution in [0, 0.1) is 17.0 Å². The molecule has 0 saturated carbocycles. The molecule has 2 rings (SSSR count). The Balaban J connectivity index is 2.43. The van der Waals surface area contributed by atoms with Crippen molar-refractivity contribution in [3.8, 4) is 0 Å². The predicted molar refractivity (Wildman–Crippen MR) is 81.7 cm³/mol. The van der Waals surface area contributed by atoms with Crippen molar-refractivity contribution in [2.45, 2.75) is 20.3 Å². The molecule has 0 spiro atoms. The van der Waals surface area contributed by atoms with Crippen LogP contribution in [0.5, 0.6) is 0 Å². The van der Waals surface area contributed by atoms with Gasteiger partial charge in [0, 0.05) is 25.4 Å². The Morgan fingerprint density at radius 3 is 2.90 bits per heavy atom. The van der Waals surface area contributed by atoms with Gasteiger partial charge in [-0.1, -0.05) is 0 Å². The van der Waals surface area contributed by atoms with Crippen LogP contribution in [-0.4, -0.2) is 46.0 Å². The molecule has 1 N–H and O–H groups in total. The lowest BCUT2D eigenvalue weighted by Gasteiger charge is -2.21. The maximum atomic E-state index is 11.3. The summed E-state index contributed by atoms with van der Waals surface area (Å²) < 4.78 is 0. The molecule has 1 aromatic heterocycles. The van der Waals surface area contributed by atoms with Gasteiger partial charge in [-0.25, -0.2) is 4.98 Å². The number of nitro groups is 1. The smallest absolute Gasteiger partial charge is 0.332 e. The molecule has 110 valence electrons. The molecule has 0 unspecified atom stereocenters. The molecule has 20 heavy (non-hydrogen) atoms. The van der Waals surface area contributed by atoms with Crippen molar-refractivity contribution in [2.75, 3.05) is 41.4 Å². The maximum Gasteiger partial charge on any atom is 0.332 e. The Morgan fingerprint density at radius 2 is 2.20 bits per heavy atom. The van der Waals surface area contributed by atoms with Crippen molar-refractivity contribution in [3.63, 3.8) is 0 Å². The first-order chi connectivity index (χ1) is 9.63. The van der Waals surface area contributed by atoms with Crippen molar-refractivity contribution in [1.82, 2.24) is 9.97 Å². The zero-order chi connectivity index (χ0) is 14.5. The minimum atomic E-state index is -0.377. The Morgan fingerprint density at radius 1 is 1.40 bits per heavy atom. The fourth-order valence-electron chi connectivity index (χ4n) is 2.18. The number of nitrogens with zero attached hydrogens (tertiary/aromatic N) is 4. The first-order valence-electron chi connectivity index (χ1n) is 6.73. The third-order valence-electron chi connectivity index (χ3n) is 3.08. The average molecular weight is 297 g/mol. The third-order valence-corrected chi connectivity index (χ3v) is 4.13. The highest BCUT2D eigenvalue weighted by Crippen LogP contribution is 2.31. The molecule has 1 saturated heterocycles. The van der Waals surface area contributed by atoms with Gasteiger partial charge in [-0.3, -0.25) is 10.1 Å². The van der Waals surface area contributed by atoms with Crippen molar-refractivity contribution in [2.24, 2.45) is 0 Å². The van der Waals surface area contributed by atoms with Crippen molar-refractivity contribution in [1.29, 1.82) is 0 Å². The largest absolute Gasteiger partial charge is 0.354 e.